The van der Waals surface area contributed by atoms with Crippen molar-refractivity contribution in [1.29, 1.82) is 0 Å². The van der Waals surface area contributed by atoms with Crippen LogP contribution in [0.15, 0.2) is 36.4 Å². The minimum Gasteiger partial charge on any atom is -0.464 e. The van der Waals surface area contributed by atoms with Crippen LogP contribution in [-0.4, -0.2) is 53.3 Å². The first kappa shape index (κ1) is 19.8. The van der Waals surface area contributed by atoms with Gasteiger partial charge in [-0.05, 0) is 37.3 Å². The summed E-state index contributed by atoms with van der Waals surface area (Å²) in [5, 5.41) is 1.08. The molecule has 0 spiro atoms. The Balaban J connectivity index is 1.67. The Morgan fingerprint density at radius 2 is 1.65 bits per heavy atom. The van der Waals surface area contributed by atoms with Crippen molar-refractivity contribution in [3.63, 3.8) is 0 Å². The van der Waals surface area contributed by atoms with E-state index in [0.717, 1.165) is 60.2 Å². The number of hydrogen-bond donors (Lipinski definition) is 0. The molecule has 0 aliphatic carbocycles. The third-order valence-electron chi connectivity index (χ3n) is 6.21. The van der Waals surface area contributed by atoms with E-state index in [1.165, 1.54) is 32.6 Å². The van der Waals surface area contributed by atoms with Crippen LogP contribution in [0.4, 0.5) is 11.8 Å². The predicted octanol–water partition coefficient (Wildman–Crippen LogP) is 3.86. The van der Waals surface area contributed by atoms with Crippen LogP contribution in [0.3, 0.4) is 0 Å². The van der Waals surface area contributed by atoms with Crippen molar-refractivity contribution in [3.8, 4) is 11.3 Å². The molecule has 7 heteroatoms. The van der Waals surface area contributed by atoms with Crippen molar-refractivity contribution in [2.45, 2.75) is 39.2 Å². The molecular formula is C24H29N5O2. The number of nitrogens with zero attached hydrogens (tertiary/aromatic N) is 5. The molecule has 0 unspecified atom stereocenters. The fraction of sp³-hybridized carbons (Fsp3) is 0.458. The lowest BCUT2D eigenvalue weighted by Gasteiger charge is -2.22. The Bertz CT molecular complexity index is 1070. The Kier molecular flexibility index (Phi) is 5.49. The maximum absolute atomic E-state index is 11.4. The van der Waals surface area contributed by atoms with Crippen LogP contribution in [0.2, 0.25) is 0 Å². The second-order valence-corrected chi connectivity index (χ2v) is 8.36. The summed E-state index contributed by atoms with van der Waals surface area (Å²) in [6.07, 6.45) is 4.76. The molecule has 2 aromatic heterocycles. The van der Waals surface area contributed by atoms with Crippen LogP contribution in [-0.2, 0) is 16.1 Å². The van der Waals surface area contributed by atoms with Crippen LogP contribution in [0, 0.1) is 0 Å². The van der Waals surface area contributed by atoms with Gasteiger partial charge in [0.1, 0.15) is 18.1 Å². The Labute approximate surface area is 182 Å². The minimum absolute atomic E-state index is 0.261. The maximum Gasteiger partial charge on any atom is 0.302 e. The molecular weight excluding hydrogens is 390 g/mol. The first-order valence-corrected chi connectivity index (χ1v) is 11.3. The molecule has 5 rings (SSSR count). The number of rotatable bonds is 6. The number of fused-ring (bicyclic) bond motifs is 1. The Hall–Kier alpha value is -3.09. The molecule has 0 bridgehead atoms. The van der Waals surface area contributed by atoms with E-state index in [-0.39, 0.29) is 5.97 Å². The summed E-state index contributed by atoms with van der Waals surface area (Å²) < 4.78 is 7.48. The van der Waals surface area contributed by atoms with Crippen molar-refractivity contribution >= 4 is 28.8 Å². The van der Waals surface area contributed by atoms with Crippen LogP contribution < -0.4 is 9.80 Å². The molecule has 162 valence electrons. The summed E-state index contributed by atoms with van der Waals surface area (Å²) in [4.78, 5) is 26.2. The molecule has 0 atom stereocenters. The number of aromatic nitrogens is 3. The number of esters is 1. The highest BCUT2D eigenvalue weighted by Crippen LogP contribution is 2.35. The number of benzene rings is 1. The lowest BCUT2D eigenvalue weighted by atomic mass is 10.1. The van der Waals surface area contributed by atoms with E-state index in [9.17, 15) is 4.79 Å². The summed E-state index contributed by atoms with van der Waals surface area (Å²) in [5.41, 5.74) is 3.12. The van der Waals surface area contributed by atoms with Crippen LogP contribution in [0.5, 0.6) is 0 Å². The topological polar surface area (TPSA) is 63.5 Å². The highest BCUT2D eigenvalue weighted by molar-refractivity contribution is 5.94. The minimum atomic E-state index is -0.261. The predicted molar refractivity (Wildman–Crippen MR) is 122 cm³/mol. The highest BCUT2D eigenvalue weighted by atomic mass is 16.5. The SMILES string of the molecule is CC(=O)OCCn1c(-c2ccccc2)cc2c(N3CCCC3)nc(N3CCCC3)nc21. The molecule has 0 N–H and O–H groups in total. The molecule has 2 aliphatic rings. The fourth-order valence-corrected chi connectivity index (χ4v) is 4.68. The second-order valence-electron chi connectivity index (χ2n) is 8.36. The van der Waals surface area contributed by atoms with Gasteiger partial charge in [-0.15, -0.1) is 0 Å². The van der Waals surface area contributed by atoms with E-state index < -0.39 is 0 Å². The number of carbonyl (C=O) groups excluding carboxylic acids is 1. The molecule has 2 fully saturated rings. The molecule has 3 aromatic rings. The number of ether oxygens (including phenoxy) is 1. The average Bonchev–Trinajstić information content (AvgIpc) is 3.54. The maximum atomic E-state index is 11.4. The van der Waals surface area contributed by atoms with Crippen LogP contribution in [0.1, 0.15) is 32.6 Å². The Morgan fingerprint density at radius 1 is 0.968 bits per heavy atom. The normalized spacial score (nSPS) is 16.4. The third kappa shape index (κ3) is 3.96. The first-order valence-electron chi connectivity index (χ1n) is 11.3. The fourth-order valence-electron chi connectivity index (χ4n) is 4.68. The molecule has 0 saturated carbocycles. The van der Waals surface area contributed by atoms with E-state index in [1.807, 2.05) is 18.2 Å². The molecule has 1 aromatic carbocycles. The lowest BCUT2D eigenvalue weighted by Crippen LogP contribution is -2.24. The zero-order chi connectivity index (χ0) is 21.2. The van der Waals surface area contributed by atoms with Gasteiger partial charge in [0.25, 0.3) is 0 Å². The summed E-state index contributed by atoms with van der Waals surface area (Å²) >= 11 is 0. The number of hydrogen-bond acceptors (Lipinski definition) is 6. The van der Waals surface area contributed by atoms with E-state index in [0.29, 0.717) is 13.2 Å². The molecule has 2 saturated heterocycles. The summed E-state index contributed by atoms with van der Waals surface area (Å²) in [5.74, 6) is 1.59. The van der Waals surface area contributed by atoms with Gasteiger partial charge in [0.05, 0.1) is 17.6 Å². The molecule has 2 aliphatic heterocycles. The zero-order valence-electron chi connectivity index (χ0n) is 18.1. The lowest BCUT2D eigenvalue weighted by molar-refractivity contribution is -0.141. The van der Waals surface area contributed by atoms with Gasteiger partial charge in [-0.3, -0.25) is 4.79 Å². The van der Waals surface area contributed by atoms with Gasteiger partial charge in [-0.25, -0.2) is 0 Å². The van der Waals surface area contributed by atoms with Gasteiger partial charge in [0.15, 0.2) is 0 Å². The molecule has 7 nitrogen and oxygen atoms in total. The third-order valence-corrected chi connectivity index (χ3v) is 6.21. The monoisotopic (exact) mass is 419 g/mol. The molecule has 0 radical (unpaired) electrons. The first-order chi connectivity index (χ1) is 15.2. The average molecular weight is 420 g/mol. The second kappa shape index (κ2) is 8.57. The molecule has 4 heterocycles. The summed E-state index contributed by atoms with van der Waals surface area (Å²) in [6, 6.07) is 12.6. The van der Waals surface area contributed by atoms with Gasteiger partial charge in [0.2, 0.25) is 5.95 Å². The van der Waals surface area contributed by atoms with Crippen molar-refractivity contribution in [3.05, 3.63) is 36.4 Å². The molecule has 31 heavy (non-hydrogen) atoms. The van der Waals surface area contributed by atoms with E-state index in [2.05, 4.69) is 32.6 Å². The van der Waals surface area contributed by atoms with Crippen LogP contribution >= 0.6 is 0 Å². The van der Waals surface area contributed by atoms with Crippen molar-refractivity contribution in [2.75, 3.05) is 42.6 Å². The van der Waals surface area contributed by atoms with E-state index in [4.69, 9.17) is 14.7 Å². The van der Waals surface area contributed by atoms with Crippen molar-refractivity contribution < 1.29 is 9.53 Å². The number of carbonyl (C=O) groups is 1. The standard InChI is InChI=1S/C24H29N5O2/c1-18(30)31-16-15-29-21(19-9-3-2-4-10-19)17-20-22(27-11-5-6-12-27)25-24(26-23(20)29)28-13-7-8-14-28/h2-4,9-10,17H,5-8,11-16H2,1H3. The van der Waals surface area contributed by atoms with Gasteiger partial charge in [0, 0.05) is 33.1 Å². The number of anilines is 2. The van der Waals surface area contributed by atoms with E-state index >= 15 is 0 Å². The largest absolute Gasteiger partial charge is 0.464 e. The summed E-state index contributed by atoms with van der Waals surface area (Å²) in [7, 11) is 0. The van der Waals surface area contributed by atoms with Gasteiger partial charge >= 0.3 is 5.97 Å². The van der Waals surface area contributed by atoms with Crippen molar-refractivity contribution in [2.24, 2.45) is 0 Å². The van der Waals surface area contributed by atoms with Crippen LogP contribution in [0.25, 0.3) is 22.3 Å². The summed E-state index contributed by atoms with van der Waals surface area (Å²) in [6.45, 7) is 6.40. The molecule has 0 amide bonds. The quantitative estimate of drug-likeness (QED) is 0.566. The van der Waals surface area contributed by atoms with Gasteiger partial charge in [-0.1, -0.05) is 30.3 Å². The smallest absolute Gasteiger partial charge is 0.302 e. The van der Waals surface area contributed by atoms with Gasteiger partial charge in [-0.2, -0.15) is 9.97 Å². The zero-order valence-corrected chi connectivity index (χ0v) is 18.1. The van der Waals surface area contributed by atoms with Crippen molar-refractivity contribution in [1.82, 2.24) is 14.5 Å². The highest BCUT2D eigenvalue weighted by Gasteiger charge is 2.25. The van der Waals surface area contributed by atoms with Gasteiger partial charge < -0.3 is 19.1 Å². The Morgan fingerprint density at radius 3 is 2.32 bits per heavy atom. The van der Waals surface area contributed by atoms with E-state index in [1.54, 1.807) is 0 Å².